The number of hydrogen-bond acceptors (Lipinski definition) is 8. The van der Waals surface area contributed by atoms with Crippen LogP contribution < -0.4 is 30.6 Å². The molecule has 3 aliphatic heterocycles. The number of pyridine rings is 1. The number of aryl methyl sites for hydroxylation is 1. The fraction of sp³-hybridized carbons (Fsp3) is 0.657. The highest BCUT2D eigenvalue weighted by atomic mass is 16.5. The summed E-state index contributed by atoms with van der Waals surface area (Å²) in [5, 5.41) is 6.51. The summed E-state index contributed by atoms with van der Waals surface area (Å²) in [5.41, 5.74) is 3.09. The number of methoxy groups -OCH3 is 1. The van der Waals surface area contributed by atoms with E-state index in [-0.39, 0.29) is 35.8 Å². The molecule has 1 aromatic heterocycles. The summed E-state index contributed by atoms with van der Waals surface area (Å²) in [5.74, 6) is 1.32. The number of morpholine rings is 1. The van der Waals surface area contributed by atoms with E-state index in [0.717, 1.165) is 69.4 Å². The van der Waals surface area contributed by atoms with E-state index in [4.69, 9.17) is 18.9 Å². The van der Waals surface area contributed by atoms with Crippen LogP contribution in [0.15, 0.2) is 23.0 Å². The number of carbonyl (C=O) groups excluding carboxylic acids is 1. The molecule has 6 rings (SSSR count). The molecule has 3 saturated heterocycles. The summed E-state index contributed by atoms with van der Waals surface area (Å²) in [6.45, 7) is 12.9. The highest BCUT2D eigenvalue weighted by molar-refractivity contribution is 5.97. The number of aromatic nitrogens is 1. The van der Waals surface area contributed by atoms with Crippen molar-refractivity contribution in [3.8, 4) is 11.5 Å². The zero-order valence-electron chi connectivity index (χ0n) is 27.7. The Morgan fingerprint density at radius 1 is 1.13 bits per heavy atom. The van der Waals surface area contributed by atoms with Crippen molar-refractivity contribution in [2.24, 2.45) is 5.92 Å². The minimum Gasteiger partial charge on any atom is -0.496 e. The molecule has 1 aromatic carbocycles. The second-order valence-corrected chi connectivity index (χ2v) is 13.8. The van der Waals surface area contributed by atoms with Gasteiger partial charge in [0, 0.05) is 48.7 Å². The second-order valence-electron chi connectivity index (χ2n) is 13.8. The third-order valence-corrected chi connectivity index (χ3v) is 10.5. The number of carbonyl (C=O) groups is 1. The molecule has 1 amide bonds. The Morgan fingerprint density at radius 2 is 1.87 bits per heavy atom. The number of nitrogens with one attached hydrogen (secondary N) is 3. The molecule has 4 unspecified atom stereocenters. The van der Waals surface area contributed by atoms with Gasteiger partial charge in [0.2, 0.25) is 0 Å². The van der Waals surface area contributed by atoms with Crippen LogP contribution in [0.4, 0.5) is 5.69 Å². The van der Waals surface area contributed by atoms with Gasteiger partial charge >= 0.3 is 0 Å². The van der Waals surface area contributed by atoms with E-state index in [1.165, 1.54) is 7.11 Å². The zero-order chi connectivity index (χ0) is 31.9. The van der Waals surface area contributed by atoms with Crippen LogP contribution in [-0.4, -0.2) is 73.7 Å². The van der Waals surface area contributed by atoms with Crippen molar-refractivity contribution in [2.75, 3.05) is 31.6 Å². The predicted octanol–water partition coefficient (Wildman–Crippen LogP) is 4.39. The molecule has 4 aliphatic rings. The molecule has 4 heterocycles. The van der Waals surface area contributed by atoms with Crippen LogP contribution in [0, 0.1) is 19.8 Å². The molecule has 4 fully saturated rings. The molecule has 10 nitrogen and oxygen atoms in total. The molecule has 2 bridgehead atoms. The van der Waals surface area contributed by atoms with E-state index in [0.29, 0.717) is 52.5 Å². The fourth-order valence-electron chi connectivity index (χ4n) is 7.94. The predicted molar refractivity (Wildman–Crippen MR) is 174 cm³/mol. The lowest BCUT2D eigenvalue weighted by molar-refractivity contribution is -0.163. The maximum absolute atomic E-state index is 13.8. The van der Waals surface area contributed by atoms with Gasteiger partial charge in [-0.2, -0.15) is 0 Å². The summed E-state index contributed by atoms with van der Waals surface area (Å²) in [4.78, 5) is 31.8. The fourth-order valence-corrected chi connectivity index (χ4v) is 7.94. The summed E-state index contributed by atoms with van der Waals surface area (Å²) < 4.78 is 24.6. The summed E-state index contributed by atoms with van der Waals surface area (Å²) in [7, 11) is 1.53. The molecule has 4 atom stereocenters. The van der Waals surface area contributed by atoms with E-state index >= 15 is 0 Å². The first-order chi connectivity index (χ1) is 21.6. The van der Waals surface area contributed by atoms with E-state index in [1.807, 2.05) is 13.0 Å². The number of nitrogens with zero attached hydrogens (tertiary/aromatic N) is 1. The first-order valence-corrected chi connectivity index (χ1v) is 16.7. The lowest BCUT2D eigenvalue weighted by atomic mass is 9.71. The molecule has 2 aromatic rings. The standard InChI is InChI=1S/C35H50N4O6/c1-7-39(24-13-25-8-9-26(14-24)43-25)31-16-28(44-27-11-23(12-27)35(5)19-36-17-21(3)45-35)15-29(22(31)4)33(40)37-18-30-32(42-6)10-20(2)38-34(30)41/h10,15-16,21,23-27,36H,7-9,11-14,17-19H2,1-6H3,(H,37,40)(H,38,41). The van der Waals surface area contributed by atoms with E-state index in [1.54, 1.807) is 13.0 Å². The van der Waals surface area contributed by atoms with Crippen molar-refractivity contribution in [3.63, 3.8) is 0 Å². The highest BCUT2D eigenvalue weighted by Crippen LogP contribution is 2.43. The van der Waals surface area contributed by atoms with Gasteiger partial charge in [-0.3, -0.25) is 9.59 Å². The Labute approximate surface area is 266 Å². The molecule has 246 valence electrons. The molecular formula is C35H50N4O6. The van der Waals surface area contributed by atoms with E-state index < -0.39 is 0 Å². The molecule has 1 saturated carbocycles. The van der Waals surface area contributed by atoms with Crippen molar-refractivity contribution >= 4 is 11.6 Å². The first-order valence-electron chi connectivity index (χ1n) is 16.7. The summed E-state index contributed by atoms with van der Waals surface area (Å²) in [6, 6.07) is 6.09. The van der Waals surface area contributed by atoms with Crippen molar-refractivity contribution in [2.45, 2.75) is 116 Å². The van der Waals surface area contributed by atoms with Gasteiger partial charge in [0.1, 0.15) is 11.5 Å². The van der Waals surface area contributed by atoms with E-state index in [2.05, 4.69) is 47.4 Å². The molecule has 0 spiro atoms. The van der Waals surface area contributed by atoms with Gasteiger partial charge in [-0.1, -0.05) is 0 Å². The number of amides is 1. The van der Waals surface area contributed by atoms with Gasteiger partial charge in [0.25, 0.3) is 11.5 Å². The van der Waals surface area contributed by atoms with Crippen LogP contribution in [0.3, 0.4) is 0 Å². The number of fused-ring (bicyclic) bond motifs is 2. The summed E-state index contributed by atoms with van der Waals surface area (Å²) >= 11 is 0. The Balaban J connectivity index is 1.25. The van der Waals surface area contributed by atoms with Crippen LogP contribution >= 0.6 is 0 Å². The molecular weight excluding hydrogens is 572 g/mol. The number of anilines is 1. The first kappa shape index (κ1) is 31.9. The second kappa shape index (κ2) is 13.0. The number of aromatic amines is 1. The molecule has 1 aliphatic carbocycles. The van der Waals surface area contributed by atoms with Gasteiger partial charge in [-0.05, 0) is 96.8 Å². The molecule has 45 heavy (non-hydrogen) atoms. The zero-order valence-corrected chi connectivity index (χ0v) is 27.7. The molecule has 0 radical (unpaired) electrons. The quantitative estimate of drug-likeness (QED) is 0.358. The lowest BCUT2D eigenvalue weighted by Gasteiger charge is -2.49. The number of benzene rings is 1. The Hall–Kier alpha value is -3.08. The Bertz CT molecular complexity index is 1440. The average Bonchev–Trinajstić information content (AvgIpc) is 3.32. The smallest absolute Gasteiger partial charge is 0.256 e. The average molecular weight is 623 g/mol. The number of H-pyrrole nitrogens is 1. The van der Waals surface area contributed by atoms with E-state index in [9.17, 15) is 9.59 Å². The third kappa shape index (κ3) is 6.60. The van der Waals surface area contributed by atoms with Gasteiger partial charge < -0.3 is 39.5 Å². The highest BCUT2D eigenvalue weighted by Gasteiger charge is 2.47. The monoisotopic (exact) mass is 622 g/mol. The maximum Gasteiger partial charge on any atom is 0.256 e. The van der Waals surface area contributed by atoms with Crippen molar-refractivity contribution in [3.05, 3.63) is 50.9 Å². The van der Waals surface area contributed by atoms with Crippen molar-refractivity contribution in [1.29, 1.82) is 0 Å². The minimum absolute atomic E-state index is 0.0492. The number of hydrogen-bond donors (Lipinski definition) is 3. The van der Waals surface area contributed by atoms with Crippen molar-refractivity contribution < 1.29 is 23.7 Å². The molecule has 3 N–H and O–H groups in total. The lowest BCUT2D eigenvalue weighted by Crippen LogP contribution is -2.59. The Morgan fingerprint density at radius 3 is 2.53 bits per heavy atom. The van der Waals surface area contributed by atoms with Gasteiger partial charge in [-0.15, -0.1) is 0 Å². The number of rotatable bonds is 10. The third-order valence-electron chi connectivity index (χ3n) is 10.5. The minimum atomic E-state index is -0.271. The van der Waals surface area contributed by atoms with Crippen molar-refractivity contribution in [1.82, 2.24) is 15.6 Å². The largest absolute Gasteiger partial charge is 0.496 e. The van der Waals surface area contributed by atoms with Gasteiger partial charge in [0.05, 0.1) is 49.2 Å². The normalized spacial score (nSPS) is 30.8. The number of ether oxygens (including phenoxy) is 4. The van der Waals surface area contributed by atoms with Crippen LogP contribution in [-0.2, 0) is 16.0 Å². The molecule has 10 heteroatoms. The van der Waals surface area contributed by atoms with Crippen LogP contribution in [0.25, 0.3) is 0 Å². The van der Waals surface area contributed by atoms with Crippen LogP contribution in [0.2, 0.25) is 0 Å². The topological polar surface area (TPSA) is 114 Å². The van der Waals surface area contributed by atoms with Crippen LogP contribution in [0.5, 0.6) is 11.5 Å². The van der Waals surface area contributed by atoms with Gasteiger partial charge in [-0.25, -0.2) is 0 Å². The Kier molecular flexibility index (Phi) is 9.19. The van der Waals surface area contributed by atoms with Gasteiger partial charge in [0.15, 0.2) is 0 Å². The van der Waals surface area contributed by atoms with Crippen LogP contribution in [0.1, 0.15) is 86.5 Å². The summed E-state index contributed by atoms with van der Waals surface area (Å²) in [6.07, 6.45) is 6.90. The maximum atomic E-state index is 13.8. The SMILES string of the molecule is CCN(c1cc(OC2CC(C3(C)CNCC(C)O3)C2)cc(C(=O)NCc2c(OC)cc(C)[nH]c2=O)c1C)C1CC2CCC(C1)O2.